The highest BCUT2D eigenvalue weighted by molar-refractivity contribution is 6.03. The van der Waals surface area contributed by atoms with E-state index in [-0.39, 0.29) is 24.2 Å². The Morgan fingerprint density at radius 1 is 1.16 bits per heavy atom. The van der Waals surface area contributed by atoms with Crippen LogP contribution in [0, 0.1) is 12.8 Å². The van der Waals surface area contributed by atoms with E-state index in [9.17, 15) is 9.59 Å². The number of benzene rings is 2. The average Bonchev–Trinajstić information content (AvgIpc) is 3.00. The topological polar surface area (TPSA) is 58.6 Å². The Morgan fingerprint density at radius 2 is 1.84 bits per heavy atom. The highest BCUT2D eigenvalue weighted by Crippen LogP contribution is 2.27. The van der Waals surface area contributed by atoms with E-state index in [1.165, 1.54) is 0 Å². The lowest BCUT2D eigenvalue weighted by molar-refractivity contribution is -0.122. The van der Waals surface area contributed by atoms with E-state index in [2.05, 4.69) is 5.32 Å². The van der Waals surface area contributed by atoms with E-state index in [1.807, 2.05) is 62.4 Å². The SMILES string of the molecule is CCOc1ccc(N2CC(C(=O)Nc3ccc(C)cc3)CC2=O)cc1. The minimum atomic E-state index is -0.347. The van der Waals surface area contributed by atoms with E-state index in [1.54, 1.807) is 4.90 Å². The first-order valence-corrected chi connectivity index (χ1v) is 8.47. The Balaban J connectivity index is 1.65. The second-order valence-corrected chi connectivity index (χ2v) is 6.19. The van der Waals surface area contributed by atoms with Gasteiger partial charge in [-0.05, 0) is 50.2 Å². The van der Waals surface area contributed by atoms with Crippen LogP contribution in [0.5, 0.6) is 5.75 Å². The number of hydrogen-bond acceptors (Lipinski definition) is 3. The molecule has 2 aromatic rings. The molecule has 1 fully saturated rings. The first-order chi connectivity index (χ1) is 12.1. The molecule has 0 spiro atoms. The van der Waals surface area contributed by atoms with Crippen LogP contribution in [-0.4, -0.2) is 25.0 Å². The Hall–Kier alpha value is -2.82. The summed E-state index contributed by atoms with van der Waals surface area (Å²) in [6.07, 6.45) is 0.227. The molecule has 1 aliphatic rings. The second-order valence-electron chi connectivity index (χ2n) is 6.19. The number of ether oxygens (including phenoxy) is 1. The van der Waals surface area contributed by atoms with E-state index < -0.39 is 0 Å². The van der Waals surface area contributed by atoms with Crippen molar-refractivity contribution in [1.82, 2.24) is 0 Å². The smallest absolute Gasteiger partial charge is 0.229 e. The maximum absolute atomic E-state index is 12.5. The van der Waals surface area contributed by atoms with E-state index >= 15 is 0 Å². The van der Waals surface area contributed by atoms with Gasteiger partial charge in [-0.3, -0.25) is 9.59 Å². The zero-order chi connectivity index (χ0) is 17.8. The van der Waals surface area contributed by atoms with Crippen molar-refractivity contribution in [2.45, 2.75) is 20.3 Å². The molecule has 1 saturated heterocycles. The summed E-state index contributed by atoms with van der Waals surface area (Å²) in [4.78, 5) is 26.4. The first-order valence-electron chi connectivity index (χ1n) is 8.47. The van der Waals surface area contributed by atoms with Crippen LogP contribution in [0.3, 0.4) is 0 Å². The fraction of sp³-hybridized carbons (Fsp3) is 0.300. The summed E-state index contributed by atoms with van der Waals surface area (Å²) in [5.74, 6) is 0.269. The van der Waals surface area contributed by atoms with Crippen LogP contribution in [0.2, 0.25) is 0 Å². The molecule has 2 aromatic carbocycles. The highest BCUT2D eigenvalue weighted by Gasteiger charge is 2.35. The van der Waals surface area contributed by atoms with Gasteiger partial charge in [-0.15, -0.1) is 0 Å². The summed E-state index contributed by atoms with van der Waals surface area (Å²) >= 11 is 0. The van der Waals surface area contributed by atoms with Gasteiger partial charge in [0.1, 0.15) is 5.75 Å². The molecule has 3 rings (SSSR count). The molecule has 0 bridgehead atoms. The number of carbonyl (C=O) groups excluding carboxylic acids is 2. The van der Waals surface area contributed by atoms with Gasteiger partial charge in [-0.25, -0.2) is 0 Å². The summed E-state index contributed by atoms with van der Waals surface area (Å²) in [7, 11) is 0. The van der Waals surface area contributed by atoms with Gasteiger partial charge in [0.2, 0.25) is 11.8 Å². The molecule has 1 aliphatic heterocycles. The minimum absolute atomic E-state index is 0.0341. The molecule has 0 aliphatic carbocycles. The Labute approximate surface area is 147 Å². The number of rotatable bonds is 5. The van der Waals surface area contributed by atoms with Crippen molar-refractivity contribution in [2.75, 3.05) is 23.4 Å². The zero-order valence-corrected chi connectivity index (χ0v) is 14.5. The maximum Gasteiger partial charge on any atom is 0.229 e. The Bertz CT molecular complexity index is 754. The summed E-state index contributed by atoms with van der Waals surface area (Å²) < 4.78 is 5.42. The number of hydrogen-bond donors (Lipinski definition) is 1. The number of anilines is 2. The molecule has 130 valence electrons. The van der Waals surface area contributed by atoms with Crippen LogP contribution >= 0.6 is 0 Å². The van der Waals surface area contributed by atoms with Crippen LogP contribution in [0.25, 0.3) is 0 Å². The van der Waals surface area contributed by atoms with Crippen LogP contribution in [0.1, 0.15) is 18.9 Å². The third-order valence-corrected chi connectivity index (χ3v) is 4.27. The molecule has 1 atom stereocenters. The van der Waals surface area contributed by atoms with Crippen molar-refractivity contribution in [1.29, 1.82) is 0 Å². The molecule has 5 heteroatoms. The average molecular weight is 338 g/mol. The number of carbonyl (C=O) groups is 2. The van der Waals surface area contributed by atoms with Gasteiger partial charge in [0, 0.05) is 24.3 Å². The van der Waals surface area contributed by atoms with Gasteiger partial charge in [0.05, 0.1) is 12.5 Å². The molecule has 5 nitrogen and oxygen atoms in total. The predicted molar refractivity (Wildman–Crippen MR) is 97.9 cm³/mol. The summed E-state index contributed by atoms with van der Waals surface area (Å²) in [5, 5.41) is 2.89. The van der Waals surface area contributed by atoms with Crippen molar-refractivity contribution < 1.29 is 14.3 Å². The minimum Gasteiger partial charge on any atom is -0.494 e. The van der Waals surface area contributed by atoms with Crippen LogP contribution in [0.4, 0.5) is 11.4 Å². The standard InChI is InChI=1S/C20H22N2O3/c1-3-25-18-10-8-17(9-11-18)22-13-15(12-19(22)23)20(24)21-16-6-4-14(2)5-7-16/h4-11,15H,3,12-13H2,1-2H3,(H,21,24). The molecular weight excluding hydrogens is 316 g/mol. The summed E-state index contributed by atoms with van der Waals surface area (Å²) in [6, 6.07) is 15.0. The largest absolute Gasteiger partial charge is 0.494 e. The number of nitrogens with one attached hydrogen (secondary N) is 1. The molecule has 1 heterocycles. The van der Waals surface area contributed by atoms with Crippen LogP contribution in [0.15, 0.2) is 48.5 Å². The normalized spacial score (nSPS) is 16.8. The lowest BCUT2D eigenvalue weighted by atomic mass is 10.1. The van der Waals surface area contributed by atoms with E-state index in [0.717, 1.165) is 22.7 Å². The number of amides is 2. The Kier molecular flexibility index (Phi) is 5.03. The summed E-state index contributed by atoms with van der Waals surface area (Å²) in [5.41, 5.74) is 2.68. The quantitative estimate of drug-likeness (QED) is 0.909. The second kappa shape index (κ2) is 7.38. The van der Waals surface area contributed by atoms with Crippen LogP contribution in [-0.2, 0) is 9.59 Å². The molecule has 1 unspecified atom stereocenters. The molecule has 0 radical (unpaired) electrons. The van der Waals surface area contributed by atoms with Gasteiger partial charge in [0.15, 0.2) is 0 Å². The molecule has 0 aromatic heterocycles. The molecule has 0 saturated carbocycles. The third kappa shape index (κ3) is 3.99. The van der Waals surface area contributed by atoms with Gasteiger partial charge in [0.25, 0.3) is 0 Å². The fourth-order valence-corrected chi connectivity index (χ4v) is 2.90. The lowest BCUT2D eigenvalue weighted by Crippen LogP contribution is -2.28. The van der Waals surface area contributed by atoms with Crippen molar-refractivity contribution in [3.63, 3.8) is 0 Å². The monoisotopic (exact) mass is 338 g/mol. The van der Waals surface area contributed by atoms with Crippen molar-refractivity contribution in [2.24, 2.45) is 5.92 Å². The van der Waals surface area contributed by atoms with Crippen molar-refractivity contribution >= 4 is 23.2 Å². The Morgan fingerprint density at radius 3 is 2.48 bits per heavy atom. The predicted octanol–water partition coefficient (Wildman–Crippen LogP) is 3.39. The fourth-order valence-electron chi connectivity index (χ4n) is 2.90. The third-order valence-electron chi connectivity index (χ3n) is 4.27. The van der Waals surface area contributed by atoms with Crippen molar-refractivity contribution in [3.05, 3.63) is 54.1 Å². The zero-order valence-electron chi connectivity index (χ0n) is 14.5. The molecular formula is C20H22N2O3. The first kappa shape index (κ1) is 17.0. The lowest BCUT2D eigenvalue weighted by Gasteiger charge is -2.17. The number of aryl methyl sites for hydroxylation is 1. The van der Waals surface area contributed by atoms with E-state index in [0.29, 0.717) is 13.2 Å². The van der Waals surface area contributed by atoms with Crippen LogP contribution < -0.4 is 15.0 Å². The summed E-state index contributed by atoms with van der Waals surface area (Å²) in [6.45, 7) is 4.92. The highest BCUT2D eigenvalue weighted by atomic mass is 16.5. The number of nitrogens with zero attached hydrogens (tertiary/aromatic N) is 1. The maximum atomic E-state index is 12.5. The molecule has 2 amide bonds. The molecule has 25 heavy (non-hydrogen) atoms. The van der Waals surface area contributed by atoms with Gasteiger partial charge in [-0.2, -0.15) is 0 Å². The van der Waals surface area contributed by atoms with Crippen molar-refractivity contribution in [3.8, 4) is 5.75 Å². The van der Waals surface area contributed by atoms with Gasteiger partial charge in [-0.1, -0.05) is 17.7 Å². The van der Waals surface area contributed by atoms with Gasteiger partial charge < -0.3 is 15.0 Å². The molecule has 1 N–H and O–H groups in total. The van der Waals surface area contributed by atoms with Gasteiger partial charge >= 0.3 is 0 Å². The van der Waals surface area contributed by atoms with E-state index in [4.69, 9.17) is 4.74 Å².